The van der Waals surface area contributed by atoms with E-state index in [0.29, 0.717) is 12.6 Å². The van der Waals surface area contributed by atoms with Gasteiger partial charge in [-0.1, -0.05) is 32.0 Å². The van der Waals surface area contributed by atoms with Crippen LogP contribution in [0.5, 0.6) is 0 Å². The van der Waals surface area contributed by atoms with E-state index in [9.17, 15) is 4.79 Å². The number of ketones is 1. The Bertz CT molecular complexity index is 540. The number of aromatic nitrogens is 1. The average molecular weight is 230 g/mol. The fourth-order valence-corrected chi connectivity index (χ4v) is 1.96. The number of hydrogen-bond donors (Lipinski definition) is 1. The lowest BCUT2D eigenvalue weighted by atomic mass is 10.1. The fraction of sp³-hybridized carbons (Fsp3) is 0.357. The summed E-state index contributed by atoms with van der Waals surface area (Å²) in [5.74, 6) is 0.149. The molecule has 0 saturated carbocycles. The van der Waals surface area contributed by atoms with E-state index in [1.165, 1.54) is 0 Å². The van der Waals surface area contributed by atoms with Gasteiger partial charge in [-0.25, -0.2) is 0 Å². The normalized spacial score (nSPS) is 11.3. The Morgan fingerprint density at radius 2 is 2.06 bits per heavy atom. The van der Waals surface area contributed by atoms with Crippen LogP contribution in [0.3, 0.4) is 0 Å². The molecule has 0 amide bonds. The van der Waals surface area contributed by atoms with Gasteiger partial charge in [0.05, 0.1) is 6.54 Å². The quantitative estimate of drug-likeness (QED) is 0.818. The third-order valence-corrected chi connectivity index (χ3v) is 2.87. The molecular formula is C14H18N2O. The van der Waals surface area contributed by atoms with Gasteiger partial charge in [0.2, 0.25) is 0 Å². The predicted octanol–water partition coefficient (Wildman–Crippen LogP) is 2.36. The minimum absolute atomic E-state index is 0.149. The molecule has 0 aliphatic heterocycles. The van der Waals surface area contributed by atoms with E-state index in [2.05, 4.69) is 5.32 Å². The van der Waals surface area contributed by atoms with Gasteiger partial charge in [-0.15, -0.1) is 0 Å². The van der Waals surface area contributed by atoms with E-state index in [1.54, 1.807) is 0 Å². The zero-order valence-corrected chi connectivity index (χ0v) is 10.5. The van der Waals surface area contributed by atoms with Crippen molar-refractivity contribution in [2.24, 2.45) is 7.05 Å². The SMILES string of the molecule is CC(C)NCC(=O)c1cn(C)c2ccccc12. The lowest BCUT2D eigenvalue weighted by molar-refractivity contribution is 0.0990. The van der Waals surface area contributed by atoms with E-state index in [0.717, 1.165) is 16.5 Å². The van der Waals surface area contributed by atoms with Gasteiger partial charge in [0.25, 0.3) is 0 Å². The molecule has 1 aromatic carbocycles. The molecule has 0 radical (unpaired) electrons. The largest absolute Gasteiger partial charge is 0.350 e. The Morgan fingerprint density at radius 3 is 2.76 bits per heavy atom. The van der Waals surface area contributed by atoms with E-state index in [4.69, 9.17) is 0 Å². The highest BCUT2D eigenvalue weighted by molar-refractivity contribution is 6.09. The Hall–Kier alpha value is -1.61. The predicted molar refractivity (Wildman–Crippen MR) is 70.4 cm³/mol. The van der Waals surface area contributed by atoms with Crippen molar-refractivity contribution in [3.05, 3.63) is 36.0 Å². The second-order valence-corrected chi connectivity index (χ2v) is 4.63. The van der Waals surface area contributed by atoms with E-state index in [1.807, 2.05) is 55.9 Å². The highest BCUT2D eigenvalue weighted by Crippen LogP contribution is 2.20. The summed E-state index contributed by atoms with van der Waals surface area (Å²) in [7, 11) is 1.97. The minimum Gasteiger partial charge on any atom is -0.350 e. The summed E-state index contributed by atoms with van der Waals surface area (Å²) in [6.07, 6.45) is 1.91. The van der Waals surface area contributed by atoms with Gasteiger partial charge in [-0.3, -0.25) is 4.79 Å². The molecule has 0 aliphatic carbocycles. The van der Waals surface area contributed by atoms with Crippen LogP contribution in [0.15, 0.2) is 30.5 Å². The topological polar surface area (TPSA) is 34.0 Å². The Kier molecular flexibility index (Phi) is 3.29. The standard InChI is InChI=1S/C14H18N2O/c1-10(2)15-8-14(17)12-9-16(3)13-7-5-4-6-11(12)13/h4-7,9-10,15H,8H2,1-3H3. The monoisotopic (exact) mass is 230 g/mol. The third-order valence-electron chi connectivity index (χ3n) is 2.87. The van der Waals surface area contributed by atoms with Crippen molar-refractivity contribution >= 4 is 16.7 Å². The van der Waals surface area contributed by atoms with E-state index in [-0.39, 0.29) is 5.78 Å². The van der Waals surface area contributed by atoms with Gasteiger partial charge < -0.3 is 9.88 Å². The molecule has 1 heterocycles. The highest BCUT2D eigenvalue weighted by atomic mass is 16.1. The van der Waals surface area contributed by atoms with Crippen LogP contribution in [-0.4, -0.2) is 22.9 Å². The van der Waals surface area contributed by atoms with Crippen LogP contribution in [0.4, 0.5) is 0 Å². The highest BCUT2D eigenvalue weighted by Gasteiger charge is 2.13. The van der Waals surface area contributed by atoms with Gasteiger partial charge in [-0.05, 0) is 6.07 Å². The molecule has 2 aromatic rings. The number of nitrogens with one attached hydrogen (secondary N) is 1. The number of para-hydroxylation sites is 1. The molecule has 1 N–H and O–H groups in total. The van der Waals surface area contributed by atoms with Crippen LogP contribution >= 0.6 is 0 Å². The summed E-state index contributed by atoms with van der Waals surface area (Å²) in [5.41, 5.74) is 1.90. The molecule has 0 unspecified atom stereocenters. The summed E-state index contributed by atoms with van der Waals surface area (Å²) in [5, 5.41) is 4.19. The Labute approximate surface area is 101 Å². The molecule has 0 aliphatic rings. The van der Waals surface area contributed by atoms with Crippen LogP contribution < -0.4 is 5.32 Å². The molecule has 2 rings (SSSR count). The van der Waals surface area contributed by atoms with Gasteiger partial charge >= 0.3 is 0 Å². The van der Waals surface area contributed by atoms with Gasteiger partial charge in [0, 0.05) is 35.8 Å². The van der Waals surface area contributed by atoms with Crippen molar-refractivity contribution in [3.63, 3.8) is 0 Å². The molecule has 0 fully saturated rings. The molecule has 90 valence electrons. The van der Waals surface area contributed by atoms with Crippen LogP contribution in [-0.2, 0) is 7.05 Å². The first-order valence-electron chi connectivity index (χ1n) is 5.90. The lowest BCUT2D eigenvalue weighted by Gasteiger charge is -2.06. The van der Waals surface area contributed by atoms with E-state index < -0.39 is 0 Å². The Balaban J connectivity index is 2.32. The summed E-state index contributed by atoms with van der Waals surface area (Å²) in [6.45, 7) is 4.47. The summed E-state index contributed by atoms with van der Waals surface area (Å²) >= 11 is 0. The maximum absolute atomic E-state index is 12.1. The van der Waals surface area contributed by atoms with Crippen LogP contribution in [0.1, 0.15) is 24.2 Å². The second-order valence-electron chi connectivity index (χ2n) is 4.63. The number of hydrogen-bond acceptors (Lipinski definition) is 2. The van der Waals surface area contributed by atoms with Gasteiger partial charge in [0.15, 0.2) is 5.78 Å². The molecule has 1 aromatic heterocycles. The lowest BCUT2D eigenvalue weighted by Crippen LogP contribution is -2.29. The zero-order valence-electron chi connectivity index (χ0n) is 10.5. The number of carbonyl (C=O) groups is 1. The number of Topliss-reactive ketones (excluding diaryl/α,β-unsaturated/α-hetero) is 1. The number of fused-ring (bicyclic) bond motifs is 1. The smallest absolute Gasteiger partial charge is 0.178 e. The molecule has 0 bridgehead atoms. The molecule has 17 heavy (non-hydrogen) atoms. The van der Waals surface area contributed by atoms with Crippen molar-refractivity contribution in [1.82, 2.24) is 9.88 Å². The first-order chi connectivity index (χ1) is 8.09. The maximum atomic E-state index is 12.1. The molecule has 3 heteroatoms. The summed E-state index contributed by atoms with van der Waals surface area (Å²) in [4.78, 5) is 12.1. The summed E-state index contributed by atoms with van der Waals surface area (Å²) < 4.78 is 2.00. The fourth-order valence-electron chi connectivity index (χ4n) is 1.96. The number of aryl methyl sites for hydroxylation is 1. The first kappa shape index (κ1) is 11.9. The molecule has 0 spiro atoms. The first-order valence-corrected chi connectivity index (χ1v) is 5.90. The maximum Gasteiger partial charge on any atom is 0.178 e. The number of rotatable bonds is 4. The number of nitrogens with zero attached hydrogens (tertiary/aromatic N) is 1. The molecule has 0 atom stereocenters. The number of benzene rings is 1. The van der Waals surface area contributed by atoms with Crippen LogP contribution in [0.2, 0.25) is 0 Å². The second kappa shape index (κ2) is 4.72. The van der Waals surface area contributed by atoms with Crippen molar-refractivity contribution < 1.29 is 4.79 Å². The van der Waals surface area contributed by atoms with Crippen LogP contribution in [0.25, 0.3) is 10.9 Å². The van der Waals surface area contributed by atoms with Gasteiger partial charge in [0.1, 0.15) is 0 Å². The van der Waals surface area contributed by atoms with Crippen molar-refractivity contribution in [2.75, 3.05) is 6.54 Å². The molecular weight excluding hydrogens is 212 g/mol. The van der Waals surface area contributed by atoms with Crippen molar-refractivity contribution in [2.45, 2.75) is 19.9 Å². The third kappa shape index (κ3) is 2.39. The van der Waals surface area contributed by atoms with Crippen molar-refractivity contribution in [3.8, 4) is 0 Å². The Morgan fingerprint density at radius 1 is 1.35 bits per heavy atom. The molecule has 0 saturated heterocycles. The van der Waals surface area contributed by atoms with Crippen molar-refractivity contribution in [1.29, 1.82) is 0 Å². The van der Waals surface area contributed by atoms with Crippen LogP contribution in [0, 0.1) is 0 Å². The number of carbonyl (C=O) groups excluding carboxylic acids is 1. The summed E-state index contributed by atoms with van der Waals surface area (Å²) in [6, 6.07) is 8.31. The minimum atomic E-state index is 0.149. The average Bonchev–Trinajstić information content (AvgIpc) is 2.65. The van der Waals surface area contributed by atoms with Gasteiger partial charge in [-0.2, -0.15) is 0 Å². The molecule has 3 nitrogen and oxygen atoms in total. The zero-order chi connectivity index (χ0) is 12.4. The van der Waals surface area contributed by atoms with E-state index >= 15 is 0 Å².